The van der Waals surface area contributed by atoms with Crippen LogP contribution in [0.5, 0.6) is 0 Å². The van der Waals surface area contributed by atoms with Gasteiger partial charge in [-0.25, -0.2) is 0 Å². The number of hydrogen-bond donors (Lipinski definition) is 2. The van der Waals surface area contributed by atoms with E-state index in [4.69, 9.17) is 0 Å². The third-order valence-corrected chi connectivity index (χ3v) is 3.00. The number of hydrogen-bond acceptors (Lipinski definition) is 3. The average molecular weight is 255 g/mol. The number of amides is 3. The van der Waals surface area contributed by atoms with Crippen LogP contribution < -0.4 is 10.6 Å². The fraction of sp³-hybridized carbons (Fsp3) is 0.750. The molecule has 18 heavy (non-hydrogen) atoms. The first-order chi connectivity index (χ1) is 8.36. The second kappa shape index (κ2) is 5.84. The van der Waals surface area contributed by atoms with Crippen LogP contribution in [0.3, 0.4) is 0 Å². The highest BCUT2D eigenvalue weighted by molar-refractivity contribution is 5.92. The predicted octanol–water partition coefficient (Wildman–Crippen LogP) is -0.360. The molecule has 0 aromatic rings. The van der Waals surface area contributed by atoms with Crippen molar-refractivity contribution in [3.63, 3.8) is 0 Å². The molecule has 6 heteroatoms. The maximum Gasteiger partial charge on any atom is 0.244 e. The molecule has 0 unspecified atom stereocenters. The van der Waals surface area contributed by atoms with Crippen LogP contribution in [0.2, 0.25) is 0 Å². The van der Waals surface area contributed by atoms with Crippen molar-refractivity contribution < 1.29 is 14.4 Å². The molecule has 1 heterocycles. The zero-order chi connectivity index (χ0) is 13.8. The van der Waals surface area contributed by atoms with E-state index in [0.29, 0.717) is 13.0 Å². The van der Waals surface area contributed by atoms with Crippen LogP contribution in [0.15, 0.2) is 0 Å². The maximum absolute atomic E-state index is 11.8. The Balaban J connectivity index is 2.50. The van der Waals surface area contributed by atoms with Gasteiger partial charge in [0, 0.05) is 20.0 Å². The minimum absolute atomic E-state index is 0.00847. The Kier molecular flexibility index (Phi) is 4.69. The zero-order valence-corrected chi connectivity index (χ0v) is 11.2. The highest BCUT2D eigenvalue weighted by Gasteiger charge is 2.29. The van der Waals surface area contributed by atoms with E-state index in [1.807, 2.05) is 0 Å². The summed E-state index contributed by atoms with van der Waals surface area (Å²) in [5.41, 5.74) is -0.968. The van der Waals surface area contributed by atoms with Gasteiger partial charge in [-0.15, -0.1) is 0 Å². The van der Waals surface area contributed by atoms with Gasteiger partial charge in [-0.1, -0.05) is 0 Å². The number of carbonyl (C=O) groups excluding carboxylic acids is 3. The summed E-state index contributed by atoms with van der Waals surface area (Å²) in [6.45, 7) is 3.90. The topological polar surface area (TPSA) is 78.5 Å². The predicted molar refractivity (Wildman–Crippen MR) is 66.7 cm³/mol. The molecule has 0 radical (unpaired) electrons. The number of nitrogens with zero attached hydrogens (tertiary/aromatic N) is 1. The third-order valence-electron chi connectivity index (χ3n) is 3.00. The summed E-state index contributed by atoms with van der Waals surface area (Å²) >= 11 is 0. The average Bonchev–Trinajstić information content (AvgIpc) is 2.30. The van der Waals surface area contributed by atoms with Crippen molar-refractivity contribution in [1.29, 1.82) is 0 Å². The van der Waals surface area contributed by atoms with Crippen molar-refractivity contribution in [2.75, 3.05) is 20.1 Å². The normalized spacial score (nSPS) is 16.4. The lowest BCUT2D eigenvalue weighted by Crippen LogP contribution is -2.56. The van der Waals surface area contributed by atoms with Crippen LogP contribution in [-0.4, -0.2) is 48.3 Å². The van der Waals surface area contributed by atoms with Crippen LogP contribution in [-0.2, 0) is 14.4 Å². The van der Waals surface area contributed by atoms with E-state index < -0.39 is 5.54 Å². The molecule has 3 amide bonds. The monoisotopic (exact) mass is 255 g/mol. The first-order valence-electron chi connectivity index (χ1n) is 6.18. The highest BCUT2D eigenvalue weighted by atomic mass is 16.2. The molecule has 1 aliphatic heterocycles. The van der Waals surface area contributed by atoms with Crippen molar-refractivity contribution in [3.8, 4) is 0 Å². The lowest BCUT2D eigenvalue weighted by molar-refractivity contribution is -0.139. The van der Waals surface area contributed by atoms with E-state index in [2.05, 4.69) is 10.6 Å². The van der Waals surface area contributed by atoms with E-state index in [1.165, 1.54) is 7.05 Å². The Labute approximate surface area is 107 Å². The first kappa shape index (κ1) is 14.5. The van der Waals surface area contributed by atoms with E-state index in [9.17, 15) is 14.4 Å². The molecular formula is C12H21N3O3. The molecule has 1 fully saturated rings. The Morgan fingerprint density at radius 3 is 2.56 bits per heavy atom. The number of carbonyl (C=O) groups is 3. The summed E-state index contributed by atoms with van der Waals surface area (Å²) in [6, 6.07) is 0. The van der Waals surface area contributed by atoms with Crippen molar-refractivity contribution in [3.05, 3.63) is 0 Å². The van der Waals surface area contributed by atoms with Crippen LogP contribution >= 0.6 is 0 Å². The van der Waals surface area contributed by atoms with Gasteiger partial charge < -0.3 is 15.5 Å². The van der Waals surface area contributed by atoms with Crippen LogP contribution in [0, 0.1) is 0 Å². The summed E-state index contributed by atoms with van der Waals surface area (Å²) < 4.78 is 0. The molecule has 102 valence electrons. The quantitative estimate of drug-likeness (QED) is 0.720. The summed E-state index contributed by atoms with van der Waals surface area (Å²) in [5.74, 6) is -0.561. The maximum atomic E-state index is 11.8. The molecule has 0 spiro atoms. The molecule has 0 bridgehead atoms. The highest BCUT2D eigenvalue weighted by Crippen LogP contribution is 2.10. The second-order valence-corrected chi connectivity index (χ2v) is 5.02. The fourth-order valence-corrected chi connectivity index (χ4v) is 1.96. The molecular weight excluding hydrogens is 234 g/mol. The lowest BCUT2D eigenvalue weighted by atomic mass is 10.0. The van der Waals surface area contributed by atoms with Gasteiger partial charge in [-0.3, -0.25) is 14.4 Å². The largest absolute Gasteiger partial charge is 0.357 e. The zero-order valence-electron chi connectivity index (χ0n) is 11.2. The van der Waals surface area contributed by atoms with Crippen LogP contribution in [0.1, 0.15) is 33.1 Å². The summed E-state index contributed by atoms with van der Waals surface area (Å²) in [4.78, 5) is 36.4. The van der Waals surface area contributed by atoms with Crippen LogP contribution in [0.25, 0.3) is 0 Å². The number of likely N-dealkylation sites (tertiary alicyclic amines) is 1. The number of piperidine rings is 1. The number of rotatable bonds is 4. The van der Waals surface area contributed by atoms with Crippen molar-refractivity contribution in [2.45, 2.75) is 38.6 Å². The molecule has 1 rings (SSSR count). The van der Waals surface area contributed by atoms with Gasteiger partial charge in [0.2, 0.25) is 17.7 Å². The van der Waals surface area contributed by atoms with Gasteiger partial charge in [-0.2, -0.15) is 0 Å². The summed E-state index contributed by atoms with van der Waals surface area (Å²) in [6.07, 6.45) is 2.32. The number of likely N-dealkylation sites (N-methyl/N-ethyl adjacent to an activating group) is 1. The standard InChI is InChI=1S/C12H21N3O3/c1-12(2,11(18)13-3)14-9(16)8-15-7-5-4-6-10(15)17/h4-8H2,1-3H3,(H,13,18)(H,14,16). The molecule has 6 nitrogen and oxygen atoms in total. The molecule has 0 aliphatic carbocycles. The Morgan fingerprint density at radius 2 is 2.00 bits per heavy atom. The fourth-order valence-electron chi connectivity index (χ4n) is 1.96. The van der Waals surface area contributed by atoms with Crippen molar-refractivity contribution >= 4 is 17.7 Å². The summed E-state index contributed by atoms with van der Waals surface area (Å²) in [7, 11) is 1.52. The van der Waals surface area contributed by atoms with E-state index in [1.54, 1.807) is 18.7 Å². The Bertz CT molecular complexity index is 352. The first-order valence-corrected chi connectivity index (χ1v) is 6.18. The molecule has 1 saturated heterocycles. The van der Waals surface area contributed by atoms with Gasteiger partial charge in [0.25, 0.3) is 0 Å². The van der Waals surface area contributed by atoms with Crippen molar-refractivity contribution in [2.24, 2.45) is 0 Å². The molecule has 0 saturated carbocycles. The molecule has 0 atom stereocenters. The van der Waals surface area contributed by atoms with Gasteiger partial charge in [0.1, 0.15) is 5.54 Å². The minimum atomic E-state index is -0.968. The van der Waals surface area contributed by atoms with E-state index >= 15 is 0 Å². The smallest absolute Gasteiger partial charge is 0.244 e. The molecule has 1 aliphatic rings. The molecule has 2 N–H and O–H groups in total. The third kappa shape index (κ3) is 3.72. The second-order valence-electron chi connectivity index (χ2n) is 5.02. The minimum Gasteiger partial charge on any atom is -0.357 e. The number of nitrogens with one attached hydrogen (secondary N) is 2. The van der Waals surface area contributed by atoms with Gasteiger partial charge in [0.05, 0.1) is 6.54 Å². The molecule has 0 aromatic heterocycles. The van der Waals surface area contributed by atoms with Crippen molar-refractivity contribution in [1.82, 2.24) is 15.5 Å². The SMILES string of the molecule is CNC(=O)C(C)(C)NC(=O)CN1CCCCC1=O. The van der Waals surface area contributed by atoms with E-state index in [0.717, 1.165) is 12.8 Å². The van der Waals surface area contributed by atoms with Gasteiger partial charge >= 0.3 is 0 Å². The summed E-state index contributed by atoms with van der Waals surface area (Å²) in [5, 5.41) is 5.12. The lowest BCUT2D eigenvalue weighted by Gasteiger charge is -2.29. The van der Waals surface area contributed by atoms with Crippen LogP contribution in [0.4, 0.5) is 0 Å². The van der Waals surface area contributed by atoms with Gasteiger partial charge in [-0.05, 0) is 26.7 Å². The Morgan fingerprint density at radius 1 is 1.33 bits per heavy atom. The Hall–Kier alpha value is -1.59. The van der Waals surface area contributed by atoms with E-state index in [-0.39, 0.29) is 24.3 Å². The molecule has 0 aromatic carbocycles. The van der Waals surface area contributed by atoms with Gasteiger partial charge in [0.15, 0.2) is 0 Å².